The first-order valence-corrected chi connectivity index (χ1v) is 11.5. The molecule has 0 saturated carbocycles. The minimum atomic E-state index is -0.603. The number of rotatable bonds is 15. The smallest absolute Gasteiger partial charge is 0.408 e. The summed E-state index contributed by atoms with van der Waals surface area (Å²) in [6.45, 7) is 20.4. The number of carbonyl (C=O) groups is 2. The van der Waals surface area contributed by atoms with E-state index in [2.05, 4.69) is 39.6 Å². The Labute approximate surface area is 195 Å². The second-order valence-electron chi connectivity index (χ2n) is 10.7. The zero-order valence-corrected chi connectivity index (χ0v) is 21.9. The van der Waals surface area contributed by atoms with Crippen LogP contribution in [0.3, 0.4) is 0 Å². The number of esters is 1. The number of hydrogen-bond donors (Lipinski definition) is 1. The lowest BCUT2D eigenvalue weighted by Crippen LogP contribution is -2.41. The third kappa shape index (κ3) is 13.7. The van der Waals surface area contributed by atoms with E-state index in [9.17, 15) is 9.59 Å². The SMILES string of the molecule is C=CC(C)(CCOC(C)(C)CCOC(=O)CNC(=O)OC(C)(CCC)CC(C)(C)C)OC. The van der Waals surface area contributed by atoms with Gasteiger partial charge in [-0.1, -0.05) is 40.2 Å². The van der Waals surface area contributed by atoms with Crippen molar-refractivity contribution >= 4 is 12.1 Å². The summed E-state index contributed by atoms with van der Waals surface area (Å²) in [6.07, 6.45) is 4.75. The van der Waals surface area contributed by atoms with Gasteiger partial charge in [-0.2, -0.15) is 0 Å². The van der Waals surface area contributed by atoms with Crippen LogP contribution >= 0.6 is 0 Å². The topological polar surface area (TPSA) is 83.1 Å². The summed E-state index contributed by atoms with van der Waals surface area (Å²) in [6, 6.07) is 0. The average molecular weight is 458 g/mol. The third-order valence-electron chi connectivity index (χ3n) is 5.36. The maximum Gasteiger partial charge on any atom is 0.408 e. The highest BCUT2D eigenvalue weighted by Gasteiger charge is 2.33. The molecule has 0 aliphatic rings. The number of hydrogen-bond acceptors (Lipinski definition) is 6. The van der Waals surface area contributed by atoms with Crippen LogP contribution in [0.1, 0.15) is 87.5 Å². The Morgan fingerprint density at radius 1 is 0.969 bits per heavy atom. The van der Waals surface area contributed by atoms with Gasteiger partial charge in [-0.25, -0.2) is 4.79 Å². The Morgan fingerprint density at radius 3 is 2.09 bits per heavy atom. The van der Waals surface area contributed by atoms with Gasteiger partial charge in [-0.15, -0.1) is 6.58 Å². The highest BCUT2D eigenvalue weighted by molar-refractivity contribution is 5.78. The molecular weight excluding hydrogens is 410 g/mol. The molecule has 0 aliphatic heterocycles. The van der Waals surface area contributed by atoms with Crippen LogP contribution in [0.4, 0.5) is 4.79 Å². The minimum Gasteiger partial charge on any atom is -0.464 e. The van der Waals surface area contributed by atoms with E-state index in [1.807, 2.05) is 27.7 Å². The lowest BCUT2D eigenvalue weighted by Gasteiger charge is -2.35. The number of carbonyl (C=O) groups excluding carboxylic acids is 2. The first-order valence-electron chi connectivity index (χ1n) is 11.5. The predicted molar refractivity (Wildman–Crippen MR) is 128 cm³/mol. The van der Waals surface area contributed by atoms with Gasteiger partial charge in [0.05, 0.1) is 24.4 Å². The fraction of sp³-hybridized carbons (Fsp3) is 0.840. The molecule has 0 aromatic rings. The van der Waals surface area contributed by atoms with Crippen molar-refractivity contribution in [3.8, 4) is 0 Å². The van der Waals surface area contributed by atoms with E-state index in [1.54, 1.807) is 13.2 Å². The molecule has 32 heavy (non-hydrogen) atoms. The zero-order chi connectivity index (χ0) is 25.1. The second kappa shape index (κ2) is 13.2. The molecule has 0 radical (unpaired) electrons. The van der Waals surface area contributed by atoms with Crippen molar-refractivity contribution in [2.75, 3.05) is 26.9 Å². The van der Waals surface area contributed by atoms with Crippen LogP contribution in [0.2, 0.25) is 0 Å². The molecule has 7 nitrogen and oxygen atoms in total. The van der Waals surface area contributed by atoms with Gasteiger partial charge in [0.1, 0.15) is 12.1 Å². The fourth-order valence-corrected chi connectivity index (χ4v) is 3.58. The summed E-state index contributed by atoms with van der Waals surface area (Å²) >= 11 is 0. The monoisotopic (exact) mass is 457 g/mol. The minimum absolute atomic E-state index is 0.0197. The molecule has 7 heteroatoms. The van der Waals surface area contributed by atoms with Gasteiger partial charge in [0.2, 0.25) is 0 Å². The molecule has 2 unspecified atom stereocenters. The molecule has 0 heterocycles. The van der Waals surface area contributed by atoms with Crippen LogP contribution < -0.4 is 5.32 Å². The molecule has 0 aromatic carbocycles. The van der Waals surface area contributed by atoms with Crippen LogP contribution in [0, 0.1) is 5.41 Å². The predicted octanol–water partition coefficient (Wildman–Crippen LogP) is 5.42. The van der Waals surface area contributed by atoms with Crippen molar-refractivity contribution in [2.45, 2.75) is 104 Å². The normalized spacial score (nSPS) is 15.9. The molecule has 1 N–H and O–H groups in total. The van der Waals surface area contributed by atoms with E-state index in [0.29, 0.717) is 19.4 Å². The first kappa shape index (κ1) is 30.4. The Morgan fingerprint density at radius 2 is 1.59 bits per heavy atom. The molecule has 0 saturated heterocycles. The first-order chi connectivity index (χ1) is 14.6. The number of methoxy groups -OCH3 is 1. The van der Waals surface area contributed by atoms with Crippen LogP contribution in [-0.4, -0.2) is 55.7 Å². The van der Waals surface area contributed by atoms with Gasteiger partial charge in [-0.3, -0.25) is 4.79 Å². The van der Waals surface area contributed by atoms with E-state index < -0.39 is 28.9 Å². The lowest BCUT2D eigenvalue weighted by atomic mass is 9.80. The highest BCUT2D eigenvalue weighted by atomic mass is 16.6. The number of alkyl carbamates (subject to hydrolysis) is 1. The Bertz CT molecular complexity index is 598. The van der Waals surface area contributed by atoms with E-state index in [4.69, 9.17) is 18.9 Å². The third-order valence-corrected chi connectivity index (χ3v) is 5.36. The highest BCUT2D eigenvalue weighted by Crippen LogP contribution is 2.33. The summed E-state index contributed by atoms with van der Waals surface area (Å²) in [5, 5.41) is 2.50. The van der Waals surface area contributed by atoms with Crippen LogP contribution in [0.5, 0.6) is 0 Å². The maximum atomic E-state index is 12.2. The largest absolute Gasteiger partial charge is 0.464 e. The van der Waals surface area contributed by atoms with Crippen molar-refractivity contribution in [3.63, 3.8) is 0 Å². The Balaban J connectivity index is 4.35. The molecule has 188 valence electrons. The van der Waals surface area contributed by atoms with Gasteiger partial charge in [-0.05, 0) is 46.0 Å². The number of amides is 1. The molecule has 1 amide bonds. The summed E-state index contributed by atoms with van der Waals surface area (Å²) in [7, 11) is 1.64. The molecular formula is C25H47NO6. The van der Waals surface area contributed by atoms with Crippen molar-refractivity contribution in [1.82, 2.24) is 5.32 Å². The van der Waals surface area contributed by atoms with Crippen molar-refractivity contribution < 1.29 is 28.5 Å². The van der Waals surface area contributed by atoms with Crippen molar-refractivity contribution in [3.05, 3.63) is 12.7 Å². The fourth-order valence-electron chi connectivity index (χ4n) is 3.58. The lowest BCUT2D eigenvalue weighted by molar-refractivity contribution is -0.144. The van der Waals surface area contributed by atoms with E-state index in [-0.39, 0.29) is 18.6 Å². The Hall–Kier alpha value is -1.60. The van der Waals surface area contributed by atoms with E-state index in [1.165, 1.54) is 0 Å². The molecule has 0 fully saturated rings. The molecule has 0 aromatic heterocycles. The number of nitrogens with one attached hydrogen (secondary N) is 1. The summed E-state index contributed by atoms with van der Waals surface area (Å²) in [5.41, 5.74) is -1.45. The summed E-state index contributed by atoms with van der Waals surface area (Å²) in [4.78, 5) is 24.2. The quantitative estimate of drug-likeness (QED) is 0.261. The van der Waals surface area contributed by atoms with E-state index >= 15 is 0 Å². The van der Waals surface area contributed by atoms with Gasteiger partial charge < -0.3 is 24.3 Å². The van der Waals surface area contributed by atoms with Gasteiger partial charge >= 0.3 is 12.1 Å². The summed E-state index contributed by atoms with van der Waals surface area (Å²) in [5.74, 6) is -0.510. The van der Waals surface area contributed by atoms with Crippen molar-refractivity contribution in [1.29, 1.82) is 0 Å². The number of ether oxygens (including phenoxy) is 4. The molecule has 0 spiro atoms. The van der Waals surface area contributed by atoms with Gasteiger partial charge in [0, 0.05) is 20.0 Å². The molecule has 0 rings (SSSR count). The second-order valence-corrected chi connectivity index (χ2v) is 10.7. The maximum absolute atomic E-state index is 12.2. The van der Waals surface area contributed by atoms with Gasteiger partial charge in [0.25, 0.3) is 0 Å². The summed E-state index contributed by atoms with van der Waals surface area (Å²) < 4.78 is 22.2. The average Bonchev–Trinajstić information content (AvgIpc) is 2.64. The molecule has 0 bridgehead atoms. The molecule has 0 aliphatic carbocycles. The van der Waals surface area contributed by atoms with E-state index in [0.717, 1.165) is 19.3 Å². The standard InChI is InChI=1S/C25H47NO6/c1-11-13-25(9,19-22(3,4)5)32-21(28)26-18-20(27)30-16-14-23(6,7)31-17-15-24(8,12-2)29-10/h12H,2,11,13-19H2,1,3-10H3,(H,26,28). The zero-order valence-electron chi connectivity index (χ0n) is 21.9. The van der Waals surface area contributed by atoms with Crippen molar-refractivity contribution in [2.24, 2.45) is 5.41 Å². The van der Waals surface area contributed by atoms with Gasteiger partial charge in [0.15, 0.2) is 0 Å². The van der Waals surface area contributed by atoms with Crippen LogP contribution in [0.25, 0.3) is 0 Å². The molecule has 2 atom stereocenters. The Kier molecular flexibility index (Phi) is 12.5. The van der Waals surface area contributed by atoms with Crippen LogP contribution in [-0.2, 0) is 23.7 Å². The van der Waals surface area contributed by atoms with Crippen LogP contribution in [0.15, 0.2) is 12.7 Å².